The van der Waals surface area contributed by atoms with E-state index in [4.69, 9.17) is 0 Å². The SMILES string of the molecule is CCc1cccc2sc(NCC(=O)c3ccccc3)nc12. The van der Waals surface area contributed by atoms with E-state index in [9.17, 15) is 4.79 Å². The fourth-order valence-corrected chi connectivity index (χ4v) is 3.16. The minimum Gasteiger partial charge on any atom is -0.354 e. The van der Waals surface area contributed by atoms with Gasteiger partial charge < -0.3 is 5.32 Å². The lowest BCUT2D eigenvalue weighted by molar-refractivity contribution is 0.101. The monoisotopic (exact) mass is 296 g/mol. The molecule has 1 heterocycles. The molecule has 0 bridgehead atoms. The highest BCUT2D eigenvalue weighted by Gasteiger charge is 2.09. The molecule has 3 rings (SSSR count). The summed E-state index contributed by atoms with van der Waals surface area (Å²) in [6.45, 7) is 2.39. The smallest absolute Gasteiger partial charge is 0.184 e. The molecule has 3 nitrogen and oxygen atoms in total. The van der Waals surface area contributed by atoms with E-state index in [1.165, 1.54) is 5.56 Å². The minimum absolute atomic E-state index is 0.0746. The van der Waals surface area contributed by atoms with Gasteiger partial charge in [0, 0.05) is 5.56 Å². The van der Waals surface area contributed by atoms with Gasteiger partial charge >= 0.3 is 0 Å². The van der Waals surface area contributed by atoms with Gasteiger partial charge in [-0.1, -0.05) is 60.7 Å². The van der Waals surface area contributed by atoms with Crippen molar-refractivity contribution in [3.8, 4) is 0 Å². The number of nitrogens with zero attached hydrogens (tertiary/aromatic N) is 1. The third-order valence-corrected chi connectivity index (χ3v) is 4.36. The second kappa shape index (κ2) is 6.06. The van der Waals surface area contributed by atoms with Gasteiger partial charge in [0.2, 0.25) is 0 Å². The number of carbonyl (C=O) groups excluding carboxylic acids is 1. The van der Waals surface area contributed by atoms with Gasteiger partial charge in [0.05, 0.1) is 16.8 Å². The van der Waals surface area contributed by atoms with Gasteiger partial charge in [0.1, 0.15) is 0 Å². The third kappa shape index (κ3) is 2.95. The third-order valence-electron chi connectivity index (χ3n) is 3.38. The fraction of sp³-hybridized carbons (Fsp3) is 0.176. The van der Waals surface area contributed by atoms with Crippen molar-refractivity contribution in [2.75, 3.05) is 11.9 Å². The predicted molar refractivity (Wildman–Crippen MR) is 88.3 cm³/mol. The number of thiazole rings is 1. The number of aromatic nitrogens is 1. The second-order valence-electron chi connectivity index (χ2n) is 4.78. The molecule has 0 spiro atoms. The molecule has 21 heavy (non-hydrogen) atoms. The van der Waals surface area contributed by atoms with Crippen molar-refractivity contribution >= 4 is 32.5 Å². The Labute approximate surface area is 127 Å². The van der Waals surface area contributed by atoms with Crippen LogP contribution in [-0.4, -0.2) is 17.3 Å². The number of carbonyl (C=O) groups is 1. The molecule has 3 aromatic rings. The van der Waals surface area contributed by atoms with Crippen molar-refractivity contribution in [3.63, 3.8) is 0 Å². The Morgan fingerprint density at radius 2 is 1.95 bits per heavy atom. The summed E-state index contributed by atoms with van der Waals surface area (Å²) in [7, 11) is 0. The topological polar surface area (TPSA) is 42.0 Å². The van der Waals surface area contributed by atoms with E-state index in [2.05, 4.69) is 35.4 Å². The lowest BCUT2D eigenvalue weighted by atomic mass is 10.1. The summed E-state index contributed by atoms with van der Waals surface area (Å²) in [6.07, 6.45) is 0.962. The zero-order chi connectivity index (χ0) is 14.7. The maximum absolute atomic E-state index is 12.1. The zero-order valence-electron chi connectivity index (χ0n) is 11.8. The maximum atomic E-state index is 12.1. The highest BCUT2D eigenvalue weighted by atomic mass is 32.1. The summed E-state index contributed by atoms with van der Waals surface area (Å²) in [5.41, 5.74) is 3.01. The normalized spacial score (nSPS) is 10.7. The number of fused-ring (bicyclic) bond motifs is 1. The van der Waals surface area contributed by atoms with Gasteiger partial charge in [-0.05, 0) is 18.1 Å². The van der Waals surface area contributed by atoms with Crippen LogP contribution in [0.5, 0.6) is 0 Å². The van der Waals surface area contributed by atoms with E-state index in [0.717, 1.165) is 27.3 Å². The minimum atomic E-state index is 0.0746. The fourth-order valence-electron chi connectivity index (χ4n) is 2.25. The van der Waals surface area contributed by atoms with Gasteiger partial charge in [0.15, 0.2) is 10.9 Å². The zero-order valence-corrected chi connectivity index (χ0v) is 12.6. The second-order valence-corrected chi connectivity index (χ2v) is 5.81. The average molecular weight is 296 g/mol. The van der Waals surface area contributed by atoms with E-state index in [-0.39, 0.29) is 12.3 Å². The Morgan fingerprint density at radius 3 is 2.71 bits per heavy atom. The number of para-hydroxylation sites is 1. The summed E-state index contributed by atoms with van der Waals surface area (Å²) < 4.78 is 1.16. The number of hydrogen-bond acceptors (Lipinski definition) is 4. The number of hydrogen-bond donors (Lipinski definition) is 1. The lowest BCUT2D eigenvalue weighted by Gasteiger charge is -2.01. The molecule has 1 N–H and O–H groups in total. The molecule has 106 valence electrons. The van der Waals surface area contributed by atoms with Crippen LogP contribution in [-0.2, 0) is 6.42 Å². The van der Waals surface area contributed by atoms with Crippen molar-refractivity contribution in [2.24, 2.45) is 0 Å². The van der Waals surface area contributed by atoms with Crippen LogP contribution in [0.4, 0.5) is 5.13 Å². The van der Waals surface area contributed by atoms with Crippen LogP contribution >= 0.6 is 11.3 Å². The first-order valence-corrected chi connectivity index (χ1v) is 7.80. The highest BCUT2D eigenvalue weighted by molar-refractivity contribution is 7.22. The molecule has 0 radical (unpaired) electrons. The average Bonchev–Trinajstić information content (AvgIpc) is 2.96. The molecule has 2 aromatic carbocycles. The number of aryl methyl sites for hydroxylation is 1. The Bertz CT molecular complexity index is 765. The van der Waals surface area contributed by atoms with E-state index in [0.29, 0.717) is 0 Å². The van der Waals surface area contributed by atoms with Crippen molar-refractivity contribution in [2.45, 2.75) is 13.3 Å². The van der Waals surface area contributed by atoms with Crippen molar-refractivity contribution in [3.05, 3.63) is 59.7 Å². The molecule has 0 saturated heterocycles. The molecule has 0 saturated carbocycles. The first-order valence-electron chi connectivity index (χ1n) is 6.98. The van der Waals surface area contributed by atoms with Crippen LogP contribution in [0.15, 0.2) is 48.5 Å². The molecule has 4 heteroatoms. The number of ketones is 1. The van der Waals surface area contributed by atoms with Crippen LogP contribution in [0.25, 0.3) is 10.2 Å². The molecule has 0 amide bonds. The van der Waals surface area contributed by atoms with Gasteiger partial charge in [-0.3, -0.25) is 4.79 Å². The van der Waals surface area contributed by atoms with E-state index in [1.807, 2.05) is 30.3 Å². The van der Waals surface area contributed by atoms with Crippen LogP contribution in [0.1, 0.15) is 22.8 Å². The molecule has 1 aromatic heterocycles. The molecular formula is C17H16N2OS. The van der Waals surface area contributed by atoms with Crippen molar-refractivity contribution in [1.82, 2.24) is 4.98 Å². The highest BCUT2D eigenvalue weighted by Crippen LogP contribution is 2.28. The Hall–Kier alpha value is -2.20. The number of nitrogens with one attached hydrogen (secondary N) is 1. The van der Waals surface area contributed by atoms with Gasteiger partial charge in [-0.15, -0.1) is 0 Å². The maximum Gasteiger partial charge on any atom is 0.184 e. The largest absolute Gasteiger partial charge is 0.354 e. The predicted octanol–water partition coefficient (Wildman–Crippen LogP) is 4.15. The van der Waals surface area contributed by atoms with E-state index >= 15 is 0 Å². The number of benzene rings is 2. The summed E-state index contributed by atoms with van der Waals surface area (Å²) in [5, 5.41) is 3.94. The van der Waals surface area contributed by atoms with Crippen LogP contribution in [0.3, 0.4) is 0 Å². The summed E-state index contributed by atoms with van der Waals surface area (Å²) in [6, 6.07) is 15.5. The Kier molecular flexibility index (Phi) is 3.97. The Morgan fingerprint density at radius 1 is 1.14 bits per heavy atom. The quantitative estimate of drug-likeness (QED) is 0.719. The van der Waals surface area contributed by atoms with Crippen LogP contribution < -0.4 is 5.32 Å². The van der Waals surface area contributed by atoms with Gasteiger partial charge in [0.25, 0.3) is 0 Å². The molecule has 0 aliphatic heterocycles. The van der Waals surface area contributed by atoms with Crippen LogP contribution in [0, 0.1) is 0 Å². The molecule has 0 aliphatic rings. The van der Waals surface area contributed by atoms with E-state index in [1.54, 1.807) is 11.3 Å². The van der Waals surface area contributed by atoms with Crippen molar-refractivity contribution in [1.29, 1.82) is 0 Å². The first-order chi connectivity index (χ1) is 10.3. The van der Waals surface area contributed by atoms with Crippen LogP contribution in [0.2, 0.25) is 0 Å². The lowest BCUT2D eigenvalue weighted by Crippen LogP contribution is -2.13. The molecule has 0 aliphatic carbocycles. The number of rotatable bonds is 5. The summed E-state index contributed by atoms with van der Waals surface area (Å²) in [4.78, 5) is 16.7. The number of anilines is 1. The van der Waals surface area contributed by atoms with Gasteiger partial charge in [-0.2, -0.15) is 0 Å². The Balaban J connectivity index is 1.75. The van der Waals surface area contributed by atoms with Gasteiger partial charge in [-0.25, -0.2) is 4.98 Å². The molecule has 0 unspecified atom stereocenters. The first kappa shape index (κ1) is 13.8. The molecular weight excluding hydrogens is 280 g/mol. The summed E-state index contributed by atoms with van der Waals surface area (Å²) in [5.74, 6) is 0.0746. The van der Waals surface area contributed by atoms with E-state index < -0.39 is 0 Å². The molecule has 0 atom stereocenters. The standard InChI is InChI=1S/C17H16N2OS/c1-2-12-9-6-10-15-16(12)19-17(21-15)18-11-14(20)13-7-4-3-5-8-13/h3-10H,2,11H2,1H3,(H,18,19). The molecule has 0 fully saturated rings. The van der Waals surface area contributed by atoms with Crippen molar-refractivity contribution < 1.29 is 4.79 Å². The summed E-state index contributed by atoms with van der Waals surface area (Å²) >= 11 is 1.59. The number of Topliss-reactive ketones (excluding diaryl/α,β-unsaturated/α-hetero) is 1.